The summed E-state index contributed by atoms with van der Waals surface area (Å²) in [5.74, 6) is -0.326. The third kappa shape index (κ3) is 7.70. The van der Waals surface area contributed by atoms with Crippen LogP contribution in [0.15, 0.2) is 78.9 Å². The number of ether oxygens (including phenoxy) is 3. The predicted octanol–water partition coefficient (Wildman–Crippen LogP) is 3.19. The lowest BCUT2D eigenvalue weighted by molar-refractivity contribution is -0.124. The van der Waals surface area contributed by atoms with Crippen LogP contribution in [0, 0.1) is 0 Å². The molecular formula is C25H24N2O6. The largest absolute Gasteiger partial charge is 0.497 e. The van der Waals surface area contributed by atoms with E-state index < -0.39 is 11.9 Å². The molecule has 0 saturated carbocycles. The van der Waals surface area contributed by atoms with Crippen molar-refractivity contribution in [3.05, 3.63) is 90.0 Å². The summed E-state index contributed by atoms with van der Waals surface area (Å²) in [6.07, 6.45) is 0. The zero-order chi connectivity index (χ0) is 23.5. The average Bonchev–Trinajstić information content (AvgIpc) is 2.85. The summed E-state index contributed by atoms with van der Waals surface area (Å²) in [5.41, 5.74) is 1.80. The van der Waals surface area contributed by atoms with E-state index in [9.17, 15) is 14.4 Å². The molecule has 0 atom stereocenters. The van der Waals surface area contributed by atoms with Gasteiger partial charge in [0.25, 0.3) is 11.8 Å². The van der Waals surface area contributed by atoms with Crippen LogP contribution in [0.4, 0.5) is 5.69 Å². The SMILES string of the molecule is COc1cccc(NC(=O)COc2ccc(C(=O)OCC(=O)NCc3ccccc3)cc2)c1. The Morgan fingerprint density at radius 1 is 0.788 bits per heavy atom. The number of carbonyl (C=O) groups excluding carboxylic acids is 3. The van der Waals surface area contributed by atoms with Gasteiger partial charge in [-0.1, -0.05) is 36.4 Å². The van der Waals surface area contributed by atoms with Crippen LogP contribution in [0.25, 0.3) is 0 Å². The van der Waals surface area contributed by atoms with Gasteiger partial charge in [-0.15, -0.1) is 0 Å². The van der Waals surface area contributed by atoms with Gasteiger partial charge >= 0.3 is 5.97 Å². The van der Waals surface area contributed by atoms with Crippen LogP contribution >= 0.6 is 0 Å². The maximum atomic E-state index is 12.1. The number of hydrogen-bond acceptors (Lipinski definition) is 6. The highest BCUT2D eigenvalue weighted by Gasteiger charge is 2.11. The van der Waals surface area contributed by atoms with Crippen molar-refractivity contribution >= 4 is 23.5 Å². The molecule has 3 aromatic carbocycles. The first-order valence-electron chi connectivity index (χ1n) is 10.2. The Labute approximate surface area is 191 Å². The first-order chi connectivity index (χ1) is 16.0. The predicted molar refractivity (Wildman–Crippen MR) is 122 cm³/mol. The van der Waals surface area contributed by atoms with E-state index >= 15 is 0 Å². The minimum Gasteiger partial charge on any atom is -0.497 e. The molecular weight excluding hydrogens is 424 g/mol. The second kappa shape index (κ2) is 11.9. The fourth-order valence-corrected chi connectivity index (χ4v) is 2.80. The number of benzene rings is 3. The molecule has 0 fully saturated rings. The minimum absolute atomic E-state index is 0.206. The lowest BCUT2D eigenvalue weighted by atomic mass is 10.2. The number of nitrogens with one attached hydrogen (secondary N) is 2. The molecule has 8 heteroatoms. The van der Waals surface area contributed by atoms with Crippen molar-refractivity contribution in [2.45, 2.75) is 6.54 Å². The van der Waals surface area contributed by atoms with E-state index in [2.05, 4.69) is 10.6 Å². The van der Waals surface area contributed by atoms with Crippen LogP contribution in [-0.4, -0.2) is 38.1 Å². The monoisotopic (exact) mass is 448 g/mol. The second-order valence-electron chi connectivity index (χ2n) is 6.93. The molecule has 170 valence electrons. The van der Waals surface area contributed by atoms with Crippen molar-refractivity contribution in [1.82, 2.24) is 5.32 Å². The van der Waals surface area contributed by atoms with Crippen LogP contribution in [0.1, 0.15) is 15.9 Å². The summed E-state index contributed by atoms with van der Waals surface area (Å²) in [6.45, 7) is -0.231. The molecule has 3 aromatic rings. The highest BCUT2D eigenvalue weighted by Crippen LogP contribution is 2.17. The van der Waals surface area contributed by atoms with Gasteiger partial charge in [0, 0.05) is 18.3 Å². The maximum absolute atomic E-state index is 12.1. The molecule has 0 heterocycles. The summed E-state index contributed by atoms with van der Waals surface area (Å²) in [6, 6.07) is 22.5. The Kier molecular flexibility index (Phi) is 8.41. The van der Waals surface area contributed by atoms with Gasteiger partial charge in [0.2, 0.25) is 0 Å². The molecule has 0 bridgehead atoms. The van der Waals surface area contributed by atoms with Crippen molar-refractivity contribution in [3.8, 4) is 11.5 Å². The lowest BCUT2D eigenvalue weighted by Crippen LogP contribution is -2.28. The Hall–Kier alpha value is -4.33. The van der Waals surface area contributed by atoms with Crippen molar-refractivity contribution < 1.29 is 28.6 Å². The molecule has 0 spiro atoms. The van der Waals surface area contributed by atoms with E-state index in [0.717, 1.165) is 5.56 Å². The average molecular weight is 448 g/mol. The summed E-state index contributed by atoms with van der Waals surface area (Å²) in [4.78, 5) is 36.1. The fourth-order valence-electron chi connectivity index (χ4n) is 2.80. The Bertz CT molecular complexity index is 1080. The molecule has 0 aliphatic heterocycles. The third-order valence-corrected chi connectivity index (χ3v) is 4.48. The minimum atomic E-state index is -0.632. The van der Waals surface area contributed by atoms with E-state index in [4.69, 9.17) is 14.2 Å². The van der Waals surface area contributed by atoms with Crippen LogP contribution < -0.4 is 20.1 Å². The molecule has 33 heavy (non-hydrogen) atoms. The molecule has 3 rings (SSSR count). The van der Waals surface area contributed by atoms with Crippen LogP contribution in [0.2, 0.25) is 0 Å². The van der Waals surface area contributed by atoms with Gasteiger partial charge in [-0.3, -0.25) is 9.59 Å². The summed E-state index contributed by atoms with van der Waals surface area (Å²) in [5, 5.41) is 5.39. The van der Waals surface area contributed by atoms with E-state index in [0.29, 0.717) is 23.7 Å². The topological polar surface area (TPSA) is 103 Å². The normalized spacial score (nSPS) is 10.1. The molecule has 2 amide bonds. The molecule has 0 unspecified atom stereocenters. The van der Waals surface area contributed by atoms with Gasteiger partial charge in [-0.2, -0.15) is 0 Å². The van der Waals surface area contributed by atoms with Crippen LogP contribution in [-0.2, 0) is 20.9 Å². The first-order valence-corrected chi connectivity index (χ1v) is 10.2. The second-order valence-corrected chi connectivity index (χ2v) is 6.93. The number of rotatable bonds is 10. The Morgan fingerprint density at radius 3 is 2.27 bits per heavy atom. The molecule has 0 aliphatic rings. The number of carbonyl (C=O) groups is 3. The zero-order valence-electron chi connectivity index (χ0n) is 18.1. The molecule has 2 N–H and O–H groups in total. The van der Waals surface area contributed by atoms with E-state index in [-0.39, 0.29) is 24.7 Å². The number of methoxy groups -OCH3 is 1. The fraction of sp³-hybridized carbons (Fsp3) is 0.160. The third-order valence-electron chi connectivity index (χ3n) is 4.48. The molecule has 8 nitrogen and oxygen atoms in total. The smallest absolute Gasteiger partial charge is 0.338 e. The Morgan fingerprint density at radius 2 is 1.55 bits per heavy atom. The standard InChI is InChI=1S/C25H24N2O6/c1-31-22-9-5-8-20(14-22)27-24(29)17-32-21-12-10-19(11-13-21)25(30)33-16-23(28)26-15-18-6-3-2-4-7-18/h2-14H,15-17H2,1H3,(H,26,28)(H,27,29). The quantitative estimate of drug-likeness (QED) is 0.462. The molecule has 0 radical (unpaired) electrons. The first kappa shape index (κ1) is 23.3. The van der Waals surface area contributed by atoms with Crippen molar-refractivity contribution in [2.75, 3.05) is 25.6 Å². The van der Waals surface area contributed by atoms with Crippen molar-refractivity contribution in [1.29, 1.82) is 0 Å². The summed E-state index contributed by atoms with van der Waals surface area (Å²) < 4.78 is 15.6. The van der Waals surface area contributed by atoms with E-state index in [1.165, 1.54) is 12.1 Å². The maximum Gasteiger partial charge on any atom is 0.338 e. The lowest BCUT2D eigenvalue weighted by Gasteiger charge is -2.09. The summed E-state index contributed by atoms with van der Waals surface area (Å²) in [7, 11) is 1.55. The van der Waals surface area contributed by atoms with E-state index in [1.54, 1.807) is 43.5 Å². The van der Waals surface area contributed by atoms with Crippen LogP contribution in [0.3, 0.4) is 0 Å². The van der Waals surface area contributed by atoms with Gasteiger partial charge in [-0.25, -0.2) is 4.79 Å². The number of esters is 1. The number of anilines is 1. The molecule has 0 aliphatic carbocycles. The van der Waals surface area contributed by atoms with Crippen molar-refractivity contribution in [3.63, 3.8) is 0 Å². The number of hydrogen-bond donors (Lipinski definition) is 2. The zero-order valence-corrected chi connectivity index (χ0v) is 18.1. The molecule has 0 aromatic heterocycles. The van der Waals surface area contributed by atoms with Crippen molar-refractivity contribution in [2.24, 2.45) is 0 Å². The highest BCUT2D eigenvalue weighted by atomic mass is 16.5. The summed E-state index contributed by atoms with van der Waals surface area (Å²) >= 11 is 0. The van der Waals surface area contributed by atoms with Gasteiger partial charge in [0.15, 0.2) is 13.2 Å². The van der Waals surface area contributed by atoms with Gasteiger partial charge < -0.3 is 24.8 Å². The van der Waals surface area contributed by atoms with Gasteiger partial charge in [0.1, 0.15) is 11.5 Å². The highest BCUT2D eigenvalue weighted by molar-refractivity contribution is 5.92. The van der Waals surface area contributed by atoms with Crippen LogP contribution in [0.5, 0.6) is 11.5 Å². The van der Waals surface area contributed by atoms with Gasteiger partial charge in [0.05, 0.1) is 12.7 Å². The molecule has 0 saturated heterocycles. The van der Waals surface area contributed by atoms with Gasteiger partial charge in [-0.05, 0) is 42.0 Å². The van der Waals surface area contributed by atoms with E-state index in [1.807, 2.05) is 30.3 Å². The number of amides is 2. The Balaban J connectivity index is 1.40.